The summed E-state index contributed by atoms with van der Waals surface area (Å²) in [4.78, 5) is 12.0. The van der Waals surface area contributed by atoms with Crippen molar-refractivity contribution in [3.05, 3.63) is 42.9 Å². The van der Waals surface area contributed by atoms with Crippen LogP contribution in [0.3, 0.4) is 0 Å². The molecule has 0 saturated heterocycles. The fourth-order valence-corrected chi connectivity index (χ4v) is 0.959. The molecule has 5 heteroatoms. The quantitative estimate of drug-likeness (QED) is 0.326. The normalized spacial score (nSPS) is 9.81. The topological polar surface area (TPSA) is 59.7 Å². The number of carbonyl (C=O) groups excluding carboxylic acids is 1. The lowest BCUT2D eigenvalue weighted by molar-refractivity contribution is 0.195. The molecule has 81 valence electrons. The Bertz CT molecular complexity index is 421. The molecule has 0 N–H and O–H groups in total. The van der Waals surface area contributed by atoms with Crippen molar-refractivity contribution >= 4 is 12.2 Å². The molecule has 0 atom stereocenters. The first-order chi connectivity index (χ1) is 7.65. The number of carbonyl (C=O) groups is 1. The fraction of sp³-hybridized carbons (Fsp3) is 0.0909. The van der Waals surface area contributed by atoms with Crippen molar-refractivity contribution in [2.75, 3.05) is 7.05 Å². The number of hydrogen-bond donors (Lipinski definition) is 0. The van der Waals surface area contributed by atoms with E-state index in [4.69, 9.17) is 5.26 Å². The van der Waals surface area contributed by atoms with Crippen molar-refractivity contribution in [1.29, 1.82) is 5.26 Å². The van der Waals surface area contributed by atoms with Crippen molar-refractivity contribution < 1.29 is 4.79 Å². The van der Waals surface area contributed by atoms with Gasteiger partial charge in [-0.2, -0.15) is 10.4 Å². The molecule has 16 heavy (non-hydrogen) atoms. The number of rotatable bonds is 2. The maximum atomic E-state index is 11.3. The average Bonchev–Trinajstić information content (AvgIpc) is 2.35. The van der Waals surface area contributed by atoms with E-state index >= 15 is 0 Å². The van der Waals surface area contributed by atoms with Crippen molar-refractivity contribution in [3.8, 4) is 6.19 Å². The van der Waals surface area contributed by atoms with Crippen LogP contribution in [0.4, 0.5) is 4.79 Å². The van der Waals surface area contributed by atoms with E-state index in [1.807, 2.05) is 30.3 Å². The molecule has 0 unspecified atom stereocenters. The molecule has 0 aliphatic carbocycles. The Kier molecular flexibility index (Phi) is 4.04. The van der Waals surface area contributed by atoms with Gasteiger partial charge in [0, 0.05) is 7.05 Å². The third kappa shape index (κ3) is 3.10. The summed E-state index contributed by atoms with van der Waals surface area (Å²) >= 11 is 0. The van der Waals surface area contributed by atoms with Crippen LogP contribution in [0.25, 0.3) is 0 Å². The van der Waals surface area contributed by atoms with E-state index in [9.17, 15) is 4.79 Å². The Labute approximate surface area is 94.2 Å². The molecule has 0 spiro atoms. The summed E-state index contributed by atoms with van der Waals surface area (Å²) in [5, 5.41) is 13.4. The lowest BCUT2D eigenvalue weighted by Gasteiger charge is -2.13. The van der Waals surface area contributed by atoms with Gasteiger partial charge in [-0.15, -0.1) is 0 Å². The Balaban J connectivity index is 2.65. The molecular weight excluding hydrogens is 204 g/mol. The molecule has 0 saturated carbocycles. The monoisotopic (exact) mass is 215 g/mol. The zero-order chi connectivity index (χ0) is 12.0. The van der Waals surface area contributed by atoms with Crippen LogP contribution in [-0.2, 0) is 0 Å². The van der Waals surface area contributed by atoms with Crippen LogP contribution in [-0.4, -0.2) is 29.2 Å². The first-order valence-corrected chi connectivity index (χ1v) is 4.52. The van der Waals surface area contributed by atoms with Crippen molar-refractivity contribution in [3.63, 3.8) is 0 Å². The van der Waals surface area contributed by atoms with E-state index < -0.39 is 6.03 Å². The first-order valence-electron chi connectivity index (χ1n) is 4.52. The summed E-state index contributed by atoms with van der Waals surface area (Å²) < 4.78 is 0. The molecule has 1 aromatic carbocycles. The third-order valence-electron chi connectivity index (χ3n) is 1.81. The van der Waals surface area contributed by atoms with Gasteiger partial charge in [-0.05, 0) is 5.56 Å². The third-order valence-corrected chi connectivity index (χ3v) is 1.81. The summed E-state index contributed by atoms with van der Waals surface area (Å²) in [6.45, 7) is 0. The van der Waals surface area contributed by atoms with Gasteiger partial charge < -0.3 is 0 Å². The van der Waals surface area contributed by atoms with Crippen LogP contribution in [0.5, 0.6) is 0 Å². The second kappa shape index (κ2) is 5.51. The highest BCUT2D eigenvalue weighted by molar-refractivity contribution is 5.82. The van der Waals surface area contributed by atoms with Gasteiger partial charge >= 0.3 is 6.03 Å². The van der Waals surface area contributed by atoms with Gasteiger partial charge in [0.15, 0.2) is 6.19 Å². The predicted molar refractivity (Wildman–Crippen MR) is 60.0 cm³/mol. The highest BCUT2D eigenvalue weighted by Gasteiger charge is 2.11. The Morgan fingerprint density at radius 2 is 2.12 bits per heavy atom. The molecule has 2 amide bonds. The molecule has 0 bridgehead atoms. The van der Waals surface area contributed by atoms with Gasteiger partial charge in [-0.25, -0.2) is 14.7 Å². The standard InChI is InChI=1S/C11H11N4O/c1-14(9-12)11(16)15(2)13-8-10-6-4-3-5-7-10/h3-8H,1H2,2H3. The van der Waals surface area contributed by atoms with E-state index in [-0.39, 0.29) is 0 Å². The van der Waals surface area contributed by atoms with Crippen molar-refractivity contribution in [2.24, 2.45) is 5.10 Å². The largest absolute Gasteiger partial charge is 0.353 e. The fourth-order valence-electron chi connectivity index (χ4n) is 0.959. The molecule has 1 rings (SSSR count). The van der Waals surface area contributed by atoms with E-state index in [0.29, 0.717) is 4.90 Å². The summed E-state index contributed by atoms with van der Waals surface area (Å²) in [6.07, 6.45) is 3.13. The number of amides is 2. The van der Waals surface area contributed by atoms with E-state index in [0.717, 1.165) is 10.6 Å². The smallest absolute Gasteiger partial charge is 0.245 e. The first kappa shape index (κ1) is 11.7. The van der Waals surface area contributed by atoms with Gasteiger partial charge in [0.2, 0.25) is 0 Å². The minimum Gasteiger partial charge on any atom is -0.245 e. The molecule has 1 radical (unpaired) electrons. The van der Waals surface area contributed by atoms with Crippen LogP contribution < -0.4 is 0 Å². The SMILES string of the molecule is [CH2]N(C#N)C(=O)N(C)N=Cc1ccccc1. The summed E-state index contributed by atoms with van der Waals surface area (Å²) in [6, 6.07) is 8.75. The number of nitriles is 1. The average molecular weight is 215 g/mol. The maximum absolute atomic E-state index is 11.3. The van der Waals surface area contributed by atoms with E-state index in [1.54, 1.807) is 6.19 Å². The van der Waals surface area contributed by atoms with Gasteiger partial charge in [0.25, 0.3) is 0 Å². The summed E-state index contributed by atoms with van der Waals surface area (Å²) in [5.41, 5.74) is 0.870. The number of urea groups is 1. The van der Waals surface area contributed by atoms with Crippen molar-refractivity contribution in [2.45, 2.75) is 0 Å². The second-order valence-corrected chi connectivity index (χ2v) is 2.99. The lowest BCUT2D eigenvalue weighted by atomic mass is 10.2. The zero-order valence-corrected chi connectivity index (χ0v) is 8.87. The number of nitrogens with zero attached hydrogens (tertiary/aromatic N) is 4. The van der Waals surface area contributed by atoms with E-state index in [1.165, 1.54) is 13.3 Å². The molecule has 0 aliphatic heterocycles. The molecule has 0 heterocycles. The number of hydrazone groups is 1. The van der Waals surface area contributed by atoms with Crippen LogP contribution in [0.1, 0.15) is 5.56 Å². The molecule has 5 nitrogen and oxygen atoms in total. The van der Waals surface area contributed by atoms with Crippen molar-refractivity contribution in [1.82, 2.24) is 9.91 Å². The number of benzene rings is 1. The summed E-state index contributed by atoms with van der Waals surface area (Å²) in [5.74, 6) is 0. The van der Waals surface area contributed by atoms with Crippen LogP contribution in [0.2, 0.25) is 0 Å². The molecule has 0 fully saturated rings. The molecule has 0 aromatic heterocycles. The Morgan fingerprint density at radius 1 is 1.50 bits per heavy atom. The Hall–Kier alpha value is -2.35. The van der Waals surface area contributed by atoms with Gasteiger partial charge in [-0.1, -0.05) is 30.3 Å². The van der Waals surface area contributed by atoms with Gasteiger partial charge in [-0.3, -0.25) is 0 Å². The molecule has 0 aliphatic rings. The molecule has 1 aromatic rings. The van der Waals surface area contributed by atoms with E-state index in [2.05, 4.69) is 12.1 Å². The lowest BCUT2D eigenvalue weighted by Crippen LogP contribution is -2.31. The van der Waals surface area contributed by atoms with Crippen LogP contribution in [0, 0.1) is 18.5 Å². The van der Waals surface area contributed by atoms with Gasteiger partial charge in [0.05, 0.1) is 13.3 Å². The Morgan fingerprint density at radius 3 is 2.69 bits per heavy atom. The zero-order valence-electron chi connectivity index (χ0n) is 8.87. The number of hydrogen-bond acceptors (Lipinski definition) is 3. The predicted octanol–water partition coefficient (Wildman–Crippen LogP) is 1.65. The maximum Gasteiger partial charge on any atom is 0.353 e. The van der Waals surface area contributed by atoms with Crippen LogP contribution >= 0.6 is 0 Å². The minimum atomic E-state index is -0.588. The minimum absolute atomic E-state index is 0.588. The summed E-state index contributed by atoms with van der Waals surface area (Å²) in [7, 11) is 4.70. The molecular formula is C11H11N4O. The highest BCUT2D eigenvalue weighted by atomic mass is 16.2. The van der Waals surface area contributed by atoms with Crippen LogP contribution in [0.15, 0.2) is 35.4 Å². The van der Waals surface area contributed by atoms with Gasteiger partial charge in [0.1, 0.15) is 0 Å². The second-order valence-electron chi connectivity index (χ2n) is 2.99. The highest BCUT2D eigenvalue weighted by Crippen LogP contribution is 1.97.